The van der Waals surface area contributed by atoms with Crippen LogP contribution in [0.25, 0.3) is 0 Å². The Bertz CT molecular complexity index is 130. The van der Waals surface area contributed by atoms with Gasteiger partial charge in [0.15, 0.2) is 0 Å². The highest BCUT2D eigenvalue weighted by atomic mass is 16.8. The summed E-state index contributed by atoms with van der Waals surface area (Å²) in [6.07, 6.45) is 0. The first kappa shape index (κ1) is 12.8. The molecule has 0 saturated carbocycles. The maximum Gasteiger partial charge on any atom is 0.0847 e. The third kappa shape index (κ3) is 8.18. The van der Waals surface area contributed by atoms with Crippen LogP contribution in [-0.4, -0.2) is 23.5 Å². The van der Waals surface area contributed by atoms with Crippen LogP contribution in [0.1, 0.15) is 41.5 Å². The molecular weight excluding hydrogens is 166 g/mol. The predicted molar refractivity (Wildman–Crippen MR) is 54.6 cm³/mol. The van der Waals surface area contributed by atoms with Gasteiger partial charge in [-0.1, -0.05) is 5.28 Å². The molecule has 0 radical (unpaired) electrons. The molecule has 0 heterocycles. The average Bonchev–Trinajstić information content (AvgIpc) is 1.79. The molecule has 0 rings (SSSR count). The summed E-state index contributed by atoms with van der Waals surface area (Å²) in [5, 5.41) is 1.54. The van der Waals surface area contributed by atoms with Crippen LogP contribution in [0.5, 0.6) is 0 Å². The Labute approximate surface area is 81.5 Å². The zero-order chi connectivity index (χ0) is 10.7. The molecule has 2 N–H and O–H groups in total. The van der Waals surface area contributed by atoms with Crippen LogP contribution in [-0.2, 0) is 4.84 Å². The van der Waals surface area contributed by atoms with E-state index in [1.54, 1.807) is 5.28 Å². The third-order valence-electron chi connectivity index (χ3n) is 1.01. The number of rotatable bonds is 3. The lowest BCUT2D eigenvalue weighted by Crippen LogP contribution is -2.56. The number of nitrogens with one attached hydrogen (secondary N) is 2. The van der Waals surface area contributed by atoms with Gasteiger partial charge >= 0.3 is 0 Å². The highest BCUT2D eigenvalue weighted by Gasteiger charge is 2.20. The van der Waals surface area contributed by atoms with E-state index in [1.165, 1.54) is 0 Å². The Morgan fingerprint density at radius 3 is 1.69 bits per heavy atom. The Balaban J connectivity index is 4.05. The highest BCUT2D eigenvalue weighted by molar-refractivity contribution is 4.66. The van der Waals surface area contributed by atoms with Gasteiger partial charge in [0.2, 0.25) is 0 Å². The zero-order valence-electron chi connectivity index (χ0n) is 9.86. The van der Waals surface area contributed by atoms with Crippen LogP contribution in [0.15, 0.2) is 0 Å². The van der Waals surface area contributed by atoms with Crippen molar-refractivity contribution in [3.05, 3.63) is 0 Å². The van der Waals surface area contributed by atoms with Crippen molar-refractivity contribution >= 4 is 0 Å². The Morgan fingerprint density at radius 1 is 1.00 bits per heavy atom. The first-order valence-corrected chi connectivity index (χ1v) is 4.58. The largest absolute Gasteiger partial charge is 0.264 e. The van der Waals surface area contributed by atoms with Crippen molar-refractivity contribution < 1.29 is 4.84 Å². The highest BCUT2D eigenvalue weighted by Crippen LogP contribution is 2.09. The lowest BCUT2D eigenvalue weighted by Gasteiger charge is -2.34. The molecule has 0 aliphatic carbocycles. The maximum absolute atomic E-state index is 5.57. The fourth-order valence-corrected chi connectivity index (χ4v) is 0.703. The van der Waals surface area contributed by atoms with Crippen molar-refractivity contribution in [3.8, 4) is 0 Å². The van der Waals surface area contributed by atoms with Gasteiger partial charge in [-0.05, 0) is 41.5 Å². The second kappa shape index (κ2) is 4.37. The molecule has 0 spiro atoms. The zero-order valence-corrected chi connectivity index (χ0v) is 9.86. The van der Waals surface area contributed by atoms with E-state index in [9.17, 15) is 0 Å². The van der Waals surface area contributed by atoms with Gasteiger partial charge in [0, 0.05) is 12.6 Å². The van der Waals surface area contributed by atoms with Gasteiger partial charge in [-0.25, -0.2) is 10.9 Å². The summed E-state index contributed by atoms with van der Waals surface area (Å²) in [4.78, 5) is 5.57. The number of nitrogens with zero attached hydrogens (tertiary/aromatic N) is 1. The molecule has 13 heavy (non-hydrogen) atoms. The summed E-state index contributed by atoms with van der Waals surface area (Å²) < 4.78 is 0. The molecule has 0 aromatic carbocycles. The van der Waals surface area contributed by atoms with E-state index in [-0.39, 0.29) is 11.1 Å². The van der Waals surface area contributed by atoms with Gasteiger partial charge in [0.25, 0.3) is 0 Å². The Kier molecular flexibility index (Phi) is 4.32. The van der Waals surface area contributed by atoms with Gasteiger partial charge in [0.05, 0.1) is 5.60 Å². The summed E-state index contributed by atoms with van der Waals surface area (Å²) >= 11 is 0. The molecule has 0 aliphatic heterocycles. The van der Waals surface area contributed by atoms with Crippen molar-refractivity contribution in [2.75, 3.05) is 7.05 Å². The van der Waals surface area contributed by atoms with Crippen LogP contribution in [0.2, 0.25) is 0 Å². The summed E-state index contributed by atoms with van der Waals surface area (Å²) in [5.74, 6) is 0. The fraction of sp³-hybridized carbons (Fsp3) is 1.00. The minimum atomic E-state index is -0.207. The maximum atomic E-state index is 5.57. The van der Waals surface area contributed by atoms with E-state index in [1.807, 2.05) is 27.8 Å². The van der Waals surface area contributed by atoms with Gasteiger partial charge < -0.3 is 0 Å². The Hall–Kier alpha value is -0.160. The number of hydrogen-bond donors (Lipinski definition) is 2. The van der Waals surface area contributed by atoms with Gasteiger partial charge in [-0.15, -0.1) is 0 Å². The smallest absolute Gasteiger partial charge is 0.0847 e. The SMILES string of the molecule is CNN(NC(C)(C)C)OC(C)(C)C. The molecule has 0 aliphatic rings. The van der Waals surface area contributed by atoms with E-state index in [2.05, 4.69) is 31.6 Å². The predicted octanol–water partition coefficient (Wildman–Crippen LogP) is 1.46. The second-order valence-electron chi connectivity index (χ2n) is 5.08. The average molecular weight is 189 g/mol. The molecule has 0 aromatic rings. The molecule has 0 fully saturated rings. The summed E-state index contributed by atoms with van der Waals surface area (Å²) in [6.45, 7) is 12.2. The molecule has 0 saturated heterocycles. The fourth-order valence-electron chi connectivity index (χ4n) is 0.703. The molecule has 0 atom stereocenters. The van der Waals surface area contributed by atoms with Crippen LogP contribution in [0.3, 0.4) is 0 Å². The van der Waals surface area contributed by atoms with E-state index in [0.29, 0.717) is 0 Å². The lowest BCUT2D eigenvalue weighted by molar-refractivity contribution is -0.293. The molecule has 0 amide bonds. The Morgan fingerprint density at radius 2 is 1.46 bits per heavy atom. The normalized spacial score (nSPS) is 13.8. The summed E-state index contributed by atoms with van der Waals surface area (Å²) in [5.41, 5.74) is 5.85. The molecule has 0 bridgehead atoms. The minimum absolute atomic E-state index is 0.0196. The molecular formula is C9H23N3O. The molecule has 4 nitrogen and oxygen atoms in total. The van der Waals surface area contributed by atoms with Crippen LogP contribution in [0.4, 0.5) is 0 Å². The van der Waals surface area contributed by atoms with E-state index >= 15 is 0 Å². The van der Waals surface area contributed by atoms with Crippen LogP contribution >= 0.6 is 0 Å². The van der Waals surface area contributed by atoms with Crippen LogP contribution < -0.4 is 10.9 Å². The van der Waals surface area contributed by atoms with Crippen molar-refractivity contribution in [1.29, 1.82) is 0 Å². The number of hydrogen-bond acceptors (Lipinski definition) is 4. The third-order valence-corrected chi connectivity index (χ3v) is 1.01. The van der Waals surface area contributed by atoms with Crippen molar-refractivity contribution in [2.24, 2.45) is 0 Å². The summed E-state index contributed by atoms with van der Waals surface area (Å²) in [6, 6.07) is 0. The van der Waals surface area contributed by atoms with Crippen molar-refractivity contribution in [2.45, 2.75) is 52.7 Å². The molecule has 0 unspecified atom stereocenters. The molecule has 80 valence electrons. The van der Waals surface area contributed by atoms with Gasteiger partial charge in [0.1, 0.15) is 0 Å². The molecule has 4 heteroatoms. The van der Waals surface area contributed by atoms with Gasteiger partial charge in [-0.2, -0.15) is 0 Å². The minimum Gasteiger partial charge on any atom is -0.264 e. The lowest BCUT2D eigenvalue weighted by atomic mass is 10.1. The van der Waals surface area contributed by atoms with Crippen molar-refractivity contribution in [1.82, 2.24) is 16.1 Å². The van der Waals surface area contributed by atoms with Crippen molar-refractivity contribution in [3.63, 3.8) is 0 Å². The number of hydrazine groups is 2. The van der Waals surface area contributed by atoms with E-state index in [4.69, 9.17) is 4.84 Å². The second-order valence-corrected chi connectivity index (χ2v) is 5.08. The van der Waals surface area contributed by atoms with Gasteiger partial charge in [-0.3, -0.25) is 4.84 Å². The van der Waals surface area contributed by atoms with Crippen LogP contribution in [0, 0.1) is 0 Å². The molecule has 0 aromatic heterocycles. The first-order chi connectivity index (χ1) is 5.64. The van der Waals surface area contributed by atoms with E-state index < -0.39 is 0 Å². The first-order valence-electron chi connectivity index (χ1n) is 4.58. The quantitative estimate of drug-likeness (QED) is 0.659. The monoisotopic (exact) mass is 189 g/mol. The summed E-state index contributed by atoms with van der Waals surface area (Å²) in [7, 11) is 1.81. The topological polar surface area (TPSA) is 36.5 Å². The standard InChI is InChI=1S/C9H23N3O/c1-8(2,3)11-12(10-7)13-9(4,5)6/h10-11H,1-7H3. The van der Waals surface area contributed by atoms with E-state index in [0.717, 1.165) is 0 Å².